The fraction of sp³-hybridized carbons (Fsp3) is 0.222. The van der Waals surface area contributed by atoms with E-state index in [4.69, 9.17) is 16.3 Å². The zero-order valence-electron chi connectivity index (χ0n) is 13.3. The zero-order valence-corrected chi connectivity index (χ0v) is 14.0. The number of halogens is 1. The number of hydrogen-bond acceptors (Lipinski definition) is 4. The maximum Gasteiger partial charge on any atom is 0.281 e. The lowest BCUT2D eigenvalue weighted by Gasteiger charge is -2.16. The number of phenolic OH excluding ortho intramolecular Hbond substituents is 1. The SMILES string of the molecule is CCCC(Oc1ccc(Cl)cc1)C(=O)N/N=C/c1ccccc1O. The Labute approximate surface area is 145 Å². The van der Waals surface area contributed by atoms with Crippen molar-refractivity contribution in [3.05, 3.63) is 59.1 Å². The Balaban J connectivity index is 1.98. The van der Waals surface area contributed by atoms with Crippen molar-refractivity contribution >= 4 is 23.7 Å². The average Bonchev–Trinajstić information content (AvgIpc) is 2.58. The van der Waals surface area contributed by atoms with Gasteiger partial charge in [0.15, 0.2) is 6.10 Å². The van der Waals surface area contributed by atoms with Gasteiger partial charge in [-0.25, -0.2) is 5.43 Å². The molecule has 0 aliphatic rings. The topological polar surface area (TPSA) is 70.9 Å². The van der Waals surface area contributed by atoms with Gasteiger partial charge in [0.1, 0.15) is 11.5 Å². The monoisotopic (exact) mass is 346 g/mol. The van der Waals surface area contributed by atoms with Crippen molar-refractivity contribution in [2.45, 2.75) is 25.9 Å². The molecule has 0 spiro atoms. The van der Waals surface area contributed by atoms with Crippen LogP contribution in [-0.4, -0.2) is 23.3 Å². The molecule has 24 heavy (non-hydrogen) atoms. The molecule has 126 valence electrons. The number of carbonyl (C=O) groups is 1. The third-order valence-electron chi connectivity index (χ3n) is 3.25. The summed E-state index contributed by atoms with van der Waals surface area (Å²) in [5.41, 5.74) is 2.96. The zero-order chi connectivity index (χ0) is 17.4. The minimum Gasteiger partial charge on any atom is -0.507 e. The summed E-state index contributed by atoms with van der Waals surface area (Å²) in [5.74, 6) is 0.314. The van der Waals surface area contributed by atoms with Crippen LogP contribution in [0.1, 0.15) is 25.3 Å². The molecule has 0 aliphatic carbocycles. The number of benzene rings is 2. The van der Waals surface area contributed by atoms with Gasteiger partial charge in [-0.15, -0.1) is 0 Å². The first-order valence-corrected chi connectivity index (χ1v) is 8.01. The van der Waals surface area contributed by atoms with Gasteiger partial charge in [0, 0.05) is 10.6 Å². The van der Waals surface area contributed by atoms with E-state index in [2.05, 4.69) is 10.5 Å². The standard InChI is InChI=1S/C18H19ClN2O3/c1-2-5-17(24-15-10-8-14(19)9-11-15)18(23)21-20-12-13-6-3-4-7-16(13)22/h3-4,6-12,17,22H,2,5H2,1H3,(H,21,23)/b20-12+. The van der Waals surface area contributed by atoms with E-state index in [1.165, 1.54) is 6.21 Å². The van der Waals surface area contributed by atoms with Crippen LogP contribution in [0.3, 0.4) is 0 Å². The van der Waals surface area contributed by atoms with Crippen molar-refractivity contribution in [1.29, 1.82) is 0 Å². The number of nitrogens with one attached hydrogen (secondary N) is 1. The molecule has 0 aromatic heterocycles. The van der Waals surface area contributed by atoms with Crippen LogP contribution in [0.2, 0.25) is 5.02 Å². The van der Waals surface area contributed by atoms with Gasteiger partial charge in [0.2, 0.25) is 0 Å². The summed E-state index contributed by atoms with van der Waals surface area (Å²) in [6.07, 6.45) is 2.08. The maximum absolute atomic E-state index is 12.2. The Morgan fingerprint density at radius 3 is 2.67 bits per heavy atom. The van der Waals surface area contributed by atoms with Gasteiger partial charge >= 0.3 is 0 Å². The molecule has 6 heteroatoms. The van der Waals surface area contributed by atoms with E-state index in [1.807, 2.05) is 6.92 Å². The third-order valence-corrected chi connectivity index (χ3v) is 3.50. The highest BCUT2D eigenvalue weighted by atomic mass is 35.5. The molecule has 1 amide bonds. The molecular weight excluding hydrogens is 328 g/mol. The molecule has 2 rings (SSSR count). The van der Waals surface area contributed by atoms with Crippen molar-refractivity contribution in [1.82, 2.24) is 5.43 Å². The number of aromatic hydroxyl groups is 1. The molecule has 0 saturated heterocycles. The van der Waals surface area contributed by atoms with Crippen molar-refractivity contribution in [3.63, 3.8) is 0 Å². The molecule has 1 unspecified atom stereocenters. The van der Waals surface area contributed by atoms with Gasteiger partial charge < -0.3 is 9.84 Å². The number of ether oxygens (including phenoxy) is 1. The van der Waals surface area contributed by atoms with E-state index >= 15 is 0 Å². The number of hydrogen-bond donors (Lipinski definition) is 2. The number of amides is 1. The van der Waals surface area contributed by atoms with Crippen molar-refractivity contribution in [2.75, 3.05) is 0 Å². The molecule has 2 N–H and O–H groups in total. The Morgan fingerprint density at radius 2 is 2.00 bits per heavy atom. The third kappa shape index (κ3) is 5.28. The lowest BCUT2D eigenvalue weighted by atomic mass is 10.2. The summed E-state index contributed by atoms with van der Waals surface area (Å²) in [6, 6.07) is 13.6. The van der Waals surface area contributed by atoms with E-state index in [9.17, 15) is 9.90 Å². The molecule has 2 aromatic carbocycles. The molecule has 0 fully saturated rings. The number of hydrazone groups is 1. The Kier molecular flexibility index (Phi) is 6.63. The summed E-state index contributed by atoms with van der Waals surface area (Å²) in [6.45, 7) is 1.97. The highest BCUT2D eigenvalue weighted by molar-refractivity contribution is 6.30. The predicted molar refractivity (Wildman–Crippen MR) is 94.6 cm³/mol. The molecule has 1 atom stereocenters. The largest absolute Gasteiger partial charge is 0.507 e. The lowest BCUT2D eigenvalue weighted by molar-refractivity contribution is -0.128. The van der Waals surface area contributed by atoms with Crippen LogP contribution in [0.4, 0.5) is 0 Å². The van der Waals surface area contributed by atoms with E-state index in [0.29, 0.717) is 22.8 Å². The van der Waals surface area contributed by atoms with Crippen LogP contribution < -0.4 is 10.2 Å². The second-order valence-electron chi connectivity index (χ2n) is 5.14. The van der Waals surface area contributed by atoms with Gasteiger partial charge in [0.05, 0.1) is 6.21 Å². The van der Waals surface area contributed by atoms with E-state index in [0.717, 1.165) is 6.42 Å². The molecule has 5 nitrogen and oxygen atoms in total. The second-order valence-corrected chi connectivity index (χ2v) is 5.58. The number of para-hydroxylation sites is 1. The first-order chi connectivity index (χ1) is 11.6. The van der Waals surface area contributed by atoms with E-state index in [-0.39, 0.29) is 11.7 Å². The Morgan fingerprint density at radius 1 is 1.29 bits per heavy atom. The molecule has 0 bridgehead atoms. The van der Waals surface area contributed by atoms with Crippen LogP contribution in [0.15, 0.2) is 53.6 Å². The molecule has 0 heterocycles. The molecule has 0 radical (unpaired) electrons. The van der Waals surface area contributed by atoms with Crippen molar-refractivity contribution in [2.24, 2.45) is 5.10 Å². The van der Waals surface area contributed by atoms with Gasteiger partial charge in [-0.2, -0.15) is 5.10 Å². The van der Waals surface area contributed by atoms with Crippen molar-refractivity contribution < 1.29 is 14.6 Å². The summed E-state index contributed by atoms with van der Waals surface area (Å²) < 4.78 is 5.70. The van der Waals surface area contributed by atoms with Gasteiger partial charge in [-0.1, -0.05) is 37.1 Å². The summed E-state index contributed by atoms with van der Waals surface area (Å²) in [5, 5.41) is 14.1. The number of carbonyl (C=O) groups excluding carboxylic acids is 1. The second kappa shape index (κ2) is 8.93. The average molecular weight is 347 g/mol. The van der Waals surface area contributed by atoms with Gasteiger partial charge in [0.25, 0.3) is 5.91 Å². The number of rotatable bonds is 7. The molecule has 0 saturated carbocycles. The fourth-order valence-corrected chi connectivity index (χ4v) is 2.14. The minimum absolute atomic E-state index is 0.0954. The van der Waals surface area contributed by atoms with Crippen LogP contribution in [0.25, 0.3) is 0 Å². The highest BCUT2D eigenvalue weighted by Gasteiger charge is 2.19. The lowest BCUT2D eigenvalue weighted by Crippen LogP contribution is -2.35. The predicted octanol–water partition coefficient (Wildman–Crippen LogP) is 3.74. The summed E-state index contributed by atoms with van der Waals surface area (Å²) in [7, 11) is 0. The van der Waals surface area contributed by atoms with Crippen LogP contribution >= 0.6 is 11.6 Å². The molecule has 0 aliphatic heterocycles. The number of nitrogens with zero attached hydrogens (tertiary/aromatic N) is 1. The van der Waals surface area contributed by atoms with Crippen LogP contribution in [0.5, 0.6) is 11.5 Å². The summed E-state index contributed by atoms with van der Waals surface area (Å²) in [4.78, 5) is 12.2. The fourth-order valence-electron chi connectivity index (χ4n) is 2.02. The molecular formula is C18H19ClN2O3. The highest BCUT2D eigenvalue weighted by Crippen LogP contribution is 2.18. The normalized spacial score (nSPS) is 12.1. The van der Waals surface area contributed by atoms with E-state index < -0.39 is 6.10 Å². The number of phenols is 1. The van der Waals surface area contributed by atoms with Crippen LogP contribution in [-0.2, 0) is 4.79 Å². The smallest absolute Gasteiger partial charge is 0.281 e. The summed E-state index contributed by atoms with van der Waals surface area (Å²) >= 11 is 5.84. The Hall–Kier alpha value is -2.53. The molecule has 2 aromatic rings. The minimum atomic E-state index is -0.655. The maximum atomic E-state index is 12.2. The first-order valence-electron chi connectivity index (χ1n) is 7.63. The quantitative estimate of drug-likeness (QED) is 0.592. The first kappa shape index (κ1) is 17.8. The van der Waals surface area contributed by atoms with E-state index in [1.54, 1.807) is 48.5 Å². The van der Waals surface area contributed by atoms with Crippen LogP contribution in [0, 0.1) is 0 Å². The van der Waals surface area contributed by atoms with Gasteiger partial charge in [-0.05, 0) is 42.8 Å². The van der Waals surface area contributed by atoms with Gasteiger partial charge in [-0.3, -0.25) is 4.79 Å². The Bertz CT molecular complexity index is 702. The van der Waals surface area contributed by atoms with Crippen molar-refractivity contribution in [3.8, 4) is 11.5 Å².